The molecular formula is C13H20N2O2S. The highest BCUT2D eigenvalue weighted by Crippen LogP contribution is 2.09. The number of carbonyl (C=O) groups is 1. The zero-order valence-electron chi connectivity index (χ0n) is 10.9. The number of hydrogen-bond donors (Lipinski definition) is 2. The quantitative estimate of drug-likeness (QED) is 0.790. The van der Waals surface area contributed by atoms with Gasteiger partial charge in [-0.05, 0) is 30.7 Å². The Morgan fingerprint density at radius 1 is 1.22 bits per heavy atom. The number of rotatable bonds is 7. The van der Waals surface area contributed by atoms with Gasteiger partial charge in [0, 0.05) is 47.1 Å². The third kappa shape index (κ3) is 5.31. The van der Waals surface area contributed by atoms with Crippen molar-refractivity contribution in [2.24, 2.45) is 0 Å². The van der Waals surface area contributed by atoms with E-state index in [4.69, 9.17) is 0 Å². The van der Waals surface area contributed by atoms with Gasteiger partial charge in [0.05, 0.1) is 0 Å². The van der Waals surface area contributed by atoms with Crippen LogP contribution in [-0.4, -0.2) is 35.2 Å². The number of nitrogens with one attached hydrogen (secondary N) is 2. The lowest BCUT2D eigenvalue weighted by molar-refractivity contribution is 0.0956. The smallest absolute Gasteiger partial charge is 0.251 e. The highest BCUT2D eigenvalue weighted by atomic mass is 32.2. The highest BCUT2D eigenvalue weighted by molar-refractivity contribution is 7.84. The first-order chi connectivity index (χ1) is 8.63. The average molecular weight is 268 g/mol. The summed E-state index contributed by atoms with van der Waals surface area (Å²) in [5.41, 5.74) is 1.64. The van der Waals surface area contributed by atoms with Gasteiger partial charge < -0.3 is 10.6 Å². The van der Waals surface area contributed by atoms with Gasteiger partial charge in [0.2, 0.25) is 0 Å². The van der Waals surface area contributed by atoms with Gasteiger partial charge in [0.25, 0.3) is 5.91 Å². The van der Waals surface area contributed by atoms with E-state index in [0.29, 0.717) is 17.9 Å². The number of benzene rings is 1. The third-order valence-corrected chi connectivity index (χ3v) is 3.18. The summed E-state index contributed by atoms with van der Waals surface area (Å²) in [4.78, 5) is 11.7. The number of amides is 1. The molecule has 1 aromatic carbocycles. The van der Waals surface area contributed by atoms with Crippen LogP contribution in [0, 0.1) is 0 Å². The van der Waals surface area contributed by atoms with Crippen molar-refractivity contribution in [2.45, 2.75) is 13.3 Å². The second-order valence-electron chi connectivity index (χ2n) is 4.04. The molecular weight excluding hydrogens is 248 g/mol. The largest absolute Gasteiger partial charge is 0.385 e. The SMILES string of the molecule is CCCNc1ccc(C(=O)NCCS(C)=O)cc1. The lowest BCUT2D eigenvalue weighted by atomic mass is 10.2. The van der Waals surface area contributed by atoms with Crippen molar-refractivity contribution < 1.29 is 9.00 Å². The molecule has 0 aliphatic carbocycles. The van der Waals surface area contributed by atoms with E-state index >= 15 is 0 Å². The fourth-order valence-electron chi connectivity index (χ4n) is 1.42. The summed E-state index contributed by atoms with van der Waals surface area (Å²) >= 11 is 0. The Kier molecular flexibility index (Phi) is 6.43. The summed E-state index contributed by atoms with van der Waals surface area (Å²) in [7, 11) is -0.871. The summed E-state index contributed by atoms with van der Waals surface area (Å²) in [6, 6.07) is 7.36. The minimum absolute atomic E-state index is 0.123. The van der Waals surface area contributed by atoms with E-state index in [1.54, 1.807) is 18.4 Å². The molecule has 1 aromatic rings. The molecule has 2 N–H and O–H groups in total. The van der Waals surface area contributed by atoms with Crippen molar-refractivity contribution in [2.75, 3.05) is 30.4 Å². The summed E-state index contributed by atoms with van der Waals surface area (Å²) in [6.07, 6.45) is 2.69. The van der Waals surface area contributed by atoms with Gasteiger partial charge in [-0.2, -0.15) is 0 Å². The monoisotopic (exact) mass is 268 g/mol. The maximum absolute atomic E-state index is 11.7. The fraction of sp³-hybridized carbons (Fsp3) is 0.462. The van der Waals surface area contributed by atoms with Gasteiger partial charge in [0.1, 0.15) is 0 Å². The molecule has 0 bridgehead atoms. The van der Waals surface area contributed by atoms with Crippen LogP contribution in [0.1, 0.15) is 23.7 Å². The lowest BCUT2D eigenvalue weighted by Gasteiger charge is -2.07. The maximum Gasteiger partial charge on any atom is 0.251 e. The Morgan fingerprint density at radius 2 is 1.89 bits per heavy atom. The molecule has 100 valence electrons. The molecule has 0 aromatic heterocycles. The zero-order valence-corrected chi connectivity index (χ0v) is 11.7. The number of hydrogen-bond acceptors (Lipinski definition) is 3. The van der Waals surface area contributed by atoms with Gasteiger partial charge in [-0.1, -0.05) is 6.92 Å². The molecule has 0 saturated carbocycles. The predicted molar refractivity (Wildman–Crippen MR) is 76.5 cm³/mol. The minimum atomic E-state index is -0.871. The lowest BCUT2D eigenvalue weighted by Crippen LogP contribution is -2.27. The summed E-state index contributed by atoms with van der Waals surface area (Å²) in [5.74, 6) is 0.365. The van der Waals surface area contributed by atoms with Crippen molar-refractivity contribution in [3.63, 3.8) is 0 Å². The molecule has 1 unspecified atom stereocenters. The van der Waals surface area contributed by atoms with Gasteiger partial charge in [0.15, 0.2) is 0 Å². The average Bonchev–Trinajstić information content (AvgIpc) is 2.36. The van der Waals surface area contributed by atoms with Crippen molar-refractivity contribution in [3.05, 3.63) is 29.8 Å². The van der Waals surface area contributed by atoms with E-state index in [2.05, 4.69) is 17.6 Å². The first-order valence-electron chi connectivity index (χ1n) is 6.05. The Balaban J connectivity index is 2.46. The van der Waals surface area contributed by atoms with Gasteiger partial charge >= 0.3 is 0 Å². The van der Waals surface area contributed by atoms with E-state index in [9.17, 15) is 9.00 Å². The summed E-state index contributed by atoms with van der Waals surface area (Å²) < 4.78 is 10.9. The second kappa shape index (κ2) is 7.87. The molecule has 5 heteroatoms. The zero-order chi connectivity index (χ0) is 13.4. The molecule has 0 aliphatic rings. The topological polar surface area (TPSA) is 58.2 Å². The molecule has 0 saturated heterocycles. The molecule has 0 fully saturated rings. The van der Waals surface area contributed by atoms with Crippen molar-refractivity contribution >= 4 is 22.4 Å². The van der Waals surface area contributed by atoms with Crippen LogP contribution in [0.3, 0.4) is 0 Å². The maximum atomic E-state index is 11.7. The van der Waals surface area contributed by atoms with E-state index in [-0.39, 0.29) is 5.91 Å². The predicted octanol–water partition coefficient (Wildman–Crippen LogP) is 1.62. The first-order valence-corrected chi connectivity index (χ1v) is 7.78. The van der Waals surface area contributed by atoms with Crippen molar-refractivity contribution in [3.8, 4) is 0 Å². The van der Waals surface area contributed by atoms with Crippen LogP contribution in [0.5, 0.6) is 0 Å². The standard InChI is InChI=1S/C13H20N2O2S/c1-3-8-14-12-6-4-11(5-7-12)13(16)15-9-10-18(2)17/h4-7,14H,3,8-10H2,1-2H3,(H,15,16). The summed E-state index contributed by atoms with van der Waals surface area (Å²) in [5, 5.41) is 5.99. The van der Waals surface area contributed by atoms with E-state index in [1.165, 1.54) is 0 Å². The molecule has 0 aliphatic heterocycles. The van der Waals surface area contributed by atoms with Crippen LogP contribution in [0.2, 0.25) is 0 Å². The normalized spacial score (nSPS) is 11.9. The van der Waals surface area contributed by atoms with Gasteiger partial charge in [-0.15, -0.1) is 0 Å². The first kappa shape index (κ1) is 14.7. The minimum Gasteiger partial charge on any atom is -0.385 e. The Morgan fingerprint density at radius 3 is 2.44 bits per heavy atom. The van der Waals surface area contributed by atoms with Crippen LogP contribution in [0.25, 0.3) is 0 Å². The van der Waals surface area contributed by atoms with Crippen molar-refractivity contribution in [1.82, 2.24) is 5.32 Å². The molecule has 0 heterocycles. The Hall–Kier alpha value is -1.36. The highest BCUT2D eigenvalue weighted by Gasteiger charge is 2.04. The van der Waals surface area contributed by atoms with Crippen LogP contribution >= 0.6 is 0 Å². The molecule has 1 amide bonds. The molecule has 1 atom stereocenters. The molecule has 1 rings (SSSR count). The fourth-order valence-corrected chi connectivity index (χ4v) is 1.81. The number of anilines is 1. The van der Waals surface area contributed by atoms with E-state index in [0.717, 1.165) is 18.7 Å². The summed E-state index contributed by atoms with van der Waals surface area (Å²) in [6.45, 7) is 3.47. The van der Waals surface area contributed by atoms with Crippen LogP contribution in [0.15, 0.2) is 24.3 Å². The molecule has 4 nitrogen and oxygen atoms in total. The van der Waals surface area contributed by atoms with Crippen molar-refractivity contribution in [1.29, 1.82) is 0 Å². The number of carbonyl (C=O) groups excluding carboxylic acids is 1. The van der Waals surface area contributed by atoms with E-state index in [1.807, 2.05) is 12.1 Å². The Labute approximate surface area is 111 Å². The molecule has 0 radical (unpaired) electrons. The third-order valence-electron chi connectivity index (χ3n) is 2.40. The van der Waals surface area contributed by atoms with Crippen LogP contribution in [-0.2, 0) is 10.8 Å². The van der Waals surface area contributed by atoms with Gasteiger partial charge in [-0.3, -0.25) is 9.00 Å². The van der Waals surface area contributed by atoms with Gasteiger partial charge in [-0.25, -0.2) is 0 Å². The Bertz CT molecular complexity index is 404. The van der Waals surface area contributed by atoms with Crippen LogP contribution < -0.4 is 10.6 Å². The van der Waals surface area contributed by atoms with E-state index < -0.39 is 10.8 Å². The molecule has 0 spiro atoms. The second-order valence-corrected chi connectivity index (χ2v) is 5.59. The van der Waals surface area contributed by atoms with Crippen LogP contribution in [0.4, 0.5) is 5.69 Å². The molecule has 18 heavy (non-hydrogen) atoms.